The summed E-state index contributed by atoms with van der Waals surface area (Å²) in [5.41, 5.74) is 6.37. The van der Waals surface area contributed by atoms with Gasteiger partial charge >= 0.3 is 24.0 Å². The van der Waals surface area contributed by atoms with E-state index in [9.17, 15) is 34.5 Å². The fraction of sp³-hybridized carbons (Fsp3) is 0.308. The average Bonchev–Trinajstić information content (AvgIpc) is 4.04. The first-order valence-electron chi connectivity index (χ1n) is 21.3. The van der Waals surface area contributed by atoms with Crippen LogP contribution in [0, 0.1) is 11.8 Å². The van der Waals surface area contributed by atoms with Gasteiger partial charge in [0.2, 0.25) is 0 Å². The lowest BCUT2D eigenvalue weighted by Gasteiger charge is -2.24. The number of ether oxygens (including phenoxy) is 1. The fourth-order valence-electron chi connectivity index (χ4n) is 8.46. The van der Waals surface area contributed by atoms with Gasteiger partial charge in [-0.2, -0.15) is 0 Å². The highest BCUT2D eigenvalue weighted by Gasteiger charge is 2.42. The normalized spacial score (nSPS) is 20.0. The molecule has 5 aromatic carbocycles. The molecule has 3 N–H and O–H groups in total. The molecule has 8 rings (SSSR count). The van der Waals surface area contributed by atoms with Crippen LogP contribution >= 0.6 is 0 Å². The minimum atomic E-state index is -0.880. The summed E-state index contributed by atoms with van der Waals surface area (Å²) in [7, 11) is 0. The molecule has 1 amide bonds. The number of benzene rings is 5. The Kier molecular flexibility index (Phi) is 15.7. The van der Waals surface area contributed by atoms with Crippen LogP contribution in [0.5, 0.6) is 0 Å². The van der Waals surface area contributed by atoms with Crippen molar-refractivity contribution in [1.29, 1.82) is 0 Å². The molecule has 0 bridgehead atoms. The molecule has 0 aromatic heterocycles. The number of rotatable bonds is 10. The summed E-state index contributed by atoms with van der Waals surface area (Å²) in [6.07, 6.45) is -0.452. The Labute approximate surface area is 369 Å². The first-order chi connectivity index (χ1) is 30.3. The number of carbonyl (C=O) groups excluding carboxylic acids is 1. The molecule has 0 radical (unpaired) electrons. The van der Waals surface area contributed by atoms with Gasteiger partial charge in [0.15, 0.2) is 0 Å². The highest BCUT2D eigenvalue weighted by molar-refractivity contribution is 5.98. The van der Waals surface area contributed by atoms with E-state index in [4.69, 9.17) is 4.74 Å². The first-order valence-corrected chi connectivity index (χ1v) is 21.3. The second-order valence-corrected chi connectivity index (χ2v) is 17.2. The van der Waals surface area contributed by atoms with Crippen molar-refractivity contribution in [1.82, 2.24) is 14.7 Å². The van der Waals surface area contributed by atoms with Crippen molar-refractivity contribution in [3.8, 4) is 0 Å². The Morgan fingerprint density at radius 3 is 1.43 bits per heavy atom. The van der Waals surface area contributed by atoms with E-state index in [0.717, 1.165) is 41.9 Å². The lowest BCUT2D eigenvalue weighted by molar-refractivity contribution is -0.142. The molecule has 328 valence electrons. The highest BCUT2D eigenvalue weighted by atomic mass is 16.6. The molecule has 3 aliphatic rings. The summed E-state index contributed by atoms with van der Waals surface area (Å²) in [6.45, 7) is 10.1. The number of amides is 1. The Bertz CT molecular complexity index is 2260. The molecule has 3 aliphatic heterocycles. The molecule has 0 saturated carbocycles. The standard InChI is InChI=1S/C18H19NO2.C18H17NO2.C16H21NO4/c2*20-18(21)17-13-19(11-14-7-3-1-4-8-14)12-16(17)15-9-5-2-6-10-15;1-16(2,3)21-15(20)17-9-12(13(10-17)14(18)19)11-7-5-4-6-8-11/h1-10,16-17H,11-13H2,(H,20,21);1-10H,11-13H2,(H,20,21);4-8,12-13H,9-10H2,1-3H3,(H,18,19)/t16-,17-;;12-,13-/m0.0/s1. The molecule has 3 heterocycles. The van der Waals surface area contributed by atoms with Crippen molar-refractivity contribution < 1.29 is 39.2 Å². The van der Waals surface area contributed by atoms with Gasteiger partial charge in [0, 0.05) is 64.2 Å². The highest BCUT2D eigenvalue weighted by Crippen LogP contribution is 2.35. The van der Waals surface area contributed by atoms with Crippen molar-refractivity contribution in [3.63, 3.8) is 0 Å². The van der Waals surface area contributed by atoms with Gasteiger partial charge in [0.25, 0.3) is 0 Å². The van der Waals surface area contributed by atoms with Crippen LogP contribution in [0.2, 0.25) is 0 Å². The smallest absolute Gasteiger partial charge is 0.410 e. The van der Waals surface area contributed by atoms with Gasteiger partial charge in [-0.05, 0) is 54.2 Å². The van der Waals surface area contributed by atoms with E-state index in [2.05, 4.69) is 34.1 Å². The molecule has 2 saturated heterocycles. The fourth-order valence-corrected chi connectivity index (χ4v) is 8.46. The number of aliphatic carboxylic acids is 3. The summed E-state index contributed by atoms with van der Waals surface area (Å²) in [4.78, 5) is 52.5. The second kappa shape index (κ2) is 21.5. The third-order valence-electron chi connectivity index (χ3n) is 11.5. The summed E-state index contributed by atoms with van der Waals surface area (Å²) in [6, 6.07) is 49.6. The lowest BCUT2D eigenvalue weighted by atomic mass is 9.89. The molecule has 5 aromatic rings. The van der Waals surface area contributed by atoms with Crippen LogP contribution < -0.4 is 0 Å². The third-order valence-corrected chi connectivity index (χ3v) is 11.5. The van der Waals surface area contributed by atoms with Gasteiger partial charge in [-0.3, -0.25) is 19.4 Å². The van der Waals surface area contributed by atoms with Crippen LogP contribution in [0.15, 0.2) is 157 Å². The minimum absolute atomic E-state index is 0.0763. The Hall–Kier alpha value is -6.56. The van der Waals surface area contributed by atoms with Gasteiger partial charge < -0.3 is 25.0 Å². The van der Waals surface area contributed by atoms with Crippen molar-refractivity contribution in [2.75, 3.05) is 39.3 Å². The molecule has 63 heavy (non-hydrogen) atoms. The topological polar surface area (TPSA) is 148 Å². The monoisotopic (exact) mass is 851 g/mol. The quantitative estimate of drug-likeness (QED) is 0.125. The van der Waals surface area contributed by atoms with Gasteiger partial charge in [0.1, 0.15) is 5.60 Å². The molecular weight excluding hydrogens is 795 g/mol. The van der Waals surface area contributed by atoms with Crippen LogP contribution in [0.4, 0.5) is 4.79 Å². The first kappa shape index (κ1) is 46.0. The molecule has 4 atom stereocenters. The van der Waals surface area contributed by atoms with Crippen LogP contribution in [0.1, 0.15) is 60.4 Å². The minimum Gasteiger partial charge on any atom is -0.481 e. The van der Waals surface area contributed by atoms with E-state index < -0.39 is 35.5 Å². The summed E-state index contributed by atoms with van der Waals surface area (Å²) < 4.78 is 5.33. The largest absolute Gasteiger partial charge is 0.481 e. The van der Waals surface area contributed by atoms with E-state index in [0.29, 0.717) is 31.8 Å². The number of carbonyl (C=O) groups is 4. The lowest BCUT2D eigenvalue weighted by Crippen LogP contribution is -2.35. The predicted octanol–water partition coefficient (Wildman–Crippen LogP) is 8.75. The van der Waals surface area contributed by atoms with Gasteiger partial charge in [-0.1, -0.05) is 152 Å². The number of carboxylic acid groups (broad SMARTS) is 3. The molecule has 0 aliphatic carbocycles. The number of nitrogens with zero attached hydrogens (tertiary/aromatic N) is 3. The van der Waals surface area contributed by atoms with Crippen molar-refractivity contribution >= 4 is 29.6 Å². The van der Waals surface area contributed by atoms with Crippen molar-refractivity contribution in [3.05, 3.63) is 185 Å². The van der Waals surface area contributed by atoms with Gasteiger partial charge in [-0.25, -0.2) is 9.59 Å². The number of carboxylic acids is 3. The Balaban J connectivity index is 0.000000157. The summed E-state index contributed by atoms with van der Waals surface area (Å²) >= 11 is 0. The van der Waals surface area contributed by atoms with Crippen molar-refractivity contribution in [2.45, 2.75) is 51.3 Å². The number of hydrogen-bond acceptors (Lipinski definition) is 7. The molecular formula is C52H57N3O8. The van der Waals surface area contributed by atoms with E-state index >= 15 is 0 Å². The van der Waals surface area contributed by atoms with Crippen LogP contribution in [-0.4, -0.2) is 98.9 Å². The molecule has 11 heteroatoms. The van der Waals surface area contributed by atoms with E-state index in [-0.39, 0.29) is 24.3 Å². The van der Waals surface area contributed by atoms with Gasteiger partial charge in [-0.15, -0.1) is 0 Å². The SMILES string of the molecule is CC(C)(C)OC(=O)N1C[C@H](C(=O)O)[C@H](c2ccccc2)C1.O=C(O)C1=C(c2ccccc2)CN(Cc2ccccc2)C1.O=C(O)[C@H]1CN(Cc2ccccc2)C[C@H]1c1ccccc1. The number of likely N-dealkylation sites (tertiary alicyclic amines) is 2. The predicted molar refractivity (Wildman–Crippen MR) is 243 cm³/mol. The van der Waals surface area contributed by atoms with Crippen LogP contribution in [-0.2, 0) is 32.2 Å². The zero-order chi connectivity index (χ0) is 44.9. The van der Waals surface area contributed by atoms with E-state index in [1.54, 1.807) is 20.8 Å². The number of hydrogen-bond donors (Lipinski definition) is 3. The summed E-state index contributed by atoms with van der Waals surface area (Å²) in [5, 5.41) is 28.3. The van der Waals surface area contributed by atoms with Gasteiger partial charge in [0.05, 0.1) is 17.4 Å². The van der Waals surface area contributed by atoms with E-state index in [1.807, 2.05) is 127 Å². The zero-order valence-electron chi connectivity index (χ0n) is 36.1. The molecule has 2 fully saturated rings. The van der Waals surface area contributed by atoms with Crippen LogP contribution in [0.25, 0.3) is 5.57 Å². The molecule has 11 nitrogen and oxygen atoms in total. The Morgan fingerprint density at radius 1 is 0.540 bits per heavy atom. The van der Waals surface area contributed by atoms with Crippen LogP contribution in [0.3, 0.4) is 0 Å². The van der Waals surface area contributed by atoms with Crippen molar-refractivity contribution in [2.24, 2.45) is 11.8 Å². The molecule has 0 spiro atoms. The molecule has 0 unspecified atom stereocenters. The maximum atomic E-state index is 12.1. The zero-order valence-corrected chi connectivity index (χ0v) is 36.1. The summed E-state index contributed by atoms with van der Waals surface area (Å²) in [5.74, 6) is -3.43. The van der Waals surface area contributed by atoms with E-state index in [1.165, 1.54) is 16.0 Å². The Morgan fingerprint density at radius 2 is 0.968 bits per heavy atom. The maximum Gasteiger partial charge on any atom is 0.410 e. The third kappa shape index (κ3) is 13.0. The second-order valence-electron chi connectivity index (χ2n) is 17.2. The average molecular weight is 852 g/mol. The maximum absolute atomic E-state index is 12.1.